The van der Waals surface area contributed by atoms with Gasteiger partial charge in [-0.25, -0.2) is 4.39 Å². The Labute approximate surface area is 275 Å². The maximum atomic E-state index is 14.6. The Morgan fingerprint density at radius 1 is 1.11 bits per heavy atom. The fraction of sp³-hybridized carbons (Fsp3) is 0.600. The molecular formula is C35H45FN8O3. The second kappa shape index (κ2) is 11.4. The fourth-order valence-corrected chi connectivity index (χ4v) is 9.06. The van der Waals surface area contributed by atoms with Crippen molar-refractivity contribution >= 4 is 11.7 Å². The van der Waals surface area contributed by atoms with Crippen LogP contribution in [-0.4, -0.2) is 105 Å². The monoisotopic (exact) mass is 644 g/mol. The Bertz CT molecular complexity index is 1710. The smallest absolute Gasteiger partial charge is 0.318 e. The highest BCUT2D eigenvalue weighted by Crippen LogP contribution is 2.48. The van der Waals surface area contributed by atoms with Crippen molar-refractivity contribution in [1.29, 1.82) is 0 Å². The molecule has 1 aliphatic carbocycles. The van der Waals surface area contributed by atoms with Crippen LogP contribution in [0.25, 0.3) is 0 Å². The van der Waals surface area contributed by atoms with Gasteiger partial charge in [0, 0.05) is 58.7 Å². The van der Waals surface area contributed by atoms with E-state index in [1.165, 1.54) is 11.1 Å². The third kappa shape index (κ3) is 5.15. The molecule has 0 radical (unpaired) electrons. The Kier molecular flexibility index (Phi) is 7.43. The molecule has 0 saturated carbocycles. The highest BCUT2D eigenvalue weighted by atomic mass is 19.1. The first-order chi connectivity index (χ1) is 22.6. The number of nitrogens with zero attached hydrogens (tertiary/aromatic N) is 8. The van der Waals surface area contributed by atoms with Crippen molar-refractivity contribution in [3.63, 3.8) is 0 Å². The molecule has 1 spiro atoms. The summed E-state index contributed by atoms with van der Waals surface area (Å²) >= 11 is 0. The van der Waals surface area contributed by atoms with Crippen LogP contribution in [0.15, 0.2) is 24.3 Å². The van der Waals surface area contributed by atoms with E-state index >= 15 is 0 Å². The second-order valence-corrected chi connectivity index (χ2v) is 14.6. The van der Waals surface area contributed by atoms with E-state index < -0.39 is 6.17 Å². The number of benzene rings is 1. The van der Waals surface area contributed by atoms with Crippen LogP contribution in [0.2, 0.25) is 0 Å². The Balaban J connectivity index is 1.18. The molecule has 47 heavy (non-hydrogen) atoms. The van der Waals surface area contributed by atoms with Crippen LogP contribution in [0.1, 0.15) is 77.1 Å². The zero-order chi connectivity index (χ0) is 32.5. The number of halogens is 1. The molecule has 3 atom stereocenters. The normalized spacial score (nSPS) is 27.2. The Morgan fingerprint density at radius 3 is 2.83 bits per heavy atom. The molecule has 2 saturated heterocycles. The molecule has 1 amide bonds. The van der Waals surface area contributed by atoms with Gasteiger partial charge >= 0.3 is 6.01 Å². The number of fused-ring (bicyclic) bond motifs is 5. The zero-order valence-electron chi connectivity index (χ0n) is 27.7. The number of phenolic OH excluding ortho intramolecular Hbond substituents is 1. The van der Waals surface area contributed by atoms with Gasteiger partial charge < -0.3 is 19.6 Å². The van der Waals surface area contributed by atoms with Crippen LogP contribution in [0.5, 0.6) is 11.8 Å². The molecule has 6 heterocycles. The van der Waals surface area contributed by atoms with Crippen molar-refractivity contribution in [2.24, 2.45) is 0 Å². The molecule has 1 aromatic carbocycles. The third-order valence-corrected chi connectivity index (χ3v) is 11.4. The number of ether oxygens (including phenoxy) is 1. The van der Waals surface area contributed by atoms with Gasteiger partial charge in [0.15, 0.2) is 5.69 Å². The summed E-state index contributed by atoms with van der Waals surface area (Å²) in [6.07, 6.45) is 6.18. The lowest BCUT2D eigenvalue weighted by molar-refractivity contribution is 0.0711. The van der Waals surface area contributed by atoms with E-state index in [-0.39, 0.29) is 22.7 Å². The summed E-state index contributed by atoms with van der Waals surface area (Å²) < 4.78 is 23.1. The van der Waals surface area contributed by atoms with Gasteiger partial charge in [-0.05, 0) is 81.4 Å². The molecule has 250 valence electrons. The number of hydrogen-bond acceptors (Lipinski definition) is 9. The first kappa shape index (κ1) is 30.6. The number of aryl methyl sites for hydroxylation is 2. The molecule has 11 nitrogen and oxygen atoms in total. The summed E-state index contributed by atoms with van der Waals surface area (Å²) in [5, 5.41) is 15.2. The van der Waals surface area contributed by atoms with Gasteiger partial charge in [-0.1, -0.05) is 6.07 Å². The van der Waals surface area contributed by atoms with E-state index in [9.17, 15) is 14.3 Å². The van der Waals surface area contributed by atoms with Crippen molar-refractivity contribution in [3.05, 3.63) is 58.0 Å². The largest absolute Gasteiger partial charge is 0.508 e. The summed E-state index contributed by atoms with van der Waals surface area (Å²) in [4.78, 5) is 31.5. The van der Waals surface area contributed by atoms with E-state index in [0.717, 1.165) is 80.9 Å². The number of amides is 1. The van der Waals surface area contributed by atoms with Crippen molar-refractivity contribution in [3.8, 4) is 11.8 Å². The molecule has 0 unspecified atom stereocenters. The molecule has 5 aliphatic rings. The first-order valence-corrected chi connectivity index (χ1v) is 17.1. The molecule has 2 aromatic heterocycles. The number of carbonyl (C=O) groups is 1. The van der Waals surface area contributed by atoms with E-state index in [0.29, 0.717) is 50.8 Å². The summed E-state index contributed by atoms with van der Waals surface area (Å²) in [6, 6.07) is 8.05. The maximum Gasteiger partial charge on any atom is 0.318 e. The number of phenols is 1. The number of hydrogen-bond donors (Lipinski definition) is 1. The van der Waals surface area contributed by atoms with Gasteiger partial charge in [0.2, 0.25) is 0 Å². The number of rotatable bonds is 5. The van der Waals surface area contributed by atoms with Crippen LogP contribution in [0, 0.1) is 0 Å². The molecule has 12 heteroatoms. The fourth-order valence-electron chi connectivity index (χ4n) is 9.06. The standard InChI is InChI=1S/C35H45FN8O3/c1-40(2)32(46)29-15-25-20-42(12-6-14-44(25)39-29)31-27-21-41(3)35(11-4-7-23-8-9-26(45)16-28(23)35)18-30(27)37-33(38-31)47-22-34-10-5-13-43(34)19-24(36)17-34/h8-9,15-16,24,45H,4-7,10-14,17-22H2,1-3H3/t24-,34+,35-/m1/s1. The van der Waals surface area contributed by atoms with Gasteiger partial charge in [0.1, 0.15) is 24.3 Å². The predicted molar refractivity (Wildman–Crippen MR) is 174 cm³/mol. The highest BCUT2D eigenvalue weighted by molar-refractivity contribution is 5.92. The quantitative estimate of drug-likeness (QED) is 0.446. The predicted octanol–water partition coefficient (Wildman–Crippen LogP) is 3.67. The third-order valence-electron chi connectivity index (χ3n) is 11.4. The van der Waals surface area contributed by atoms with E-state index in [4.69, 9.17) is 14.7 Å². The molecule has 8 rings (SSSR count). The van der Waals surface area contributed by atoms with Crippen LogP contribution in [-0.2, 0) is 38.0 Å². The average Bonchev–Trinajstić information content (AvgIpc) is 3.67. The first-order valence-electron chi connectivity index (χ1n) is 17.1. The Hall–Kier alpha value is -3.77. The second-order valence-electron chi connectivity index (χ2n) is 14.6. The average molecular weight is 645 g/mol. The van der Waals surface area contributed by atoms with Gasteiger partial charge in [-0.3, -0.25) is 19.3 Å². The van der Waals surface area contributed by atoms with Gasteiger partial charge in [0.25, 0.3) is 5.91 Å². The molecule has 1 N–H and O–H groups in total. The van der Waals surface area contributed by atoms with Crippen LogP contribution in [0.4, 0.5) is 10.2 Å². The number of anilines is 1. The summed E-state index contributed by atoms with van der Waals surface area (Å²) in [5.74, 6) is 1.03. The summed E-state index contributed by atoms with van der Waals surface area (Å²) in [6.45, 7) is 4.45. The topological polar surface area (TPSA) is 103 Å². The van der Waals surface area contributed by atoms with E-state index in [2.05, 4.69) is 32.9 Å². The maximum absolute atomic E-state index is 14.6. The van der Waals surface area contributed by atoms with E-state index in [1.54, 1.807) is 25.1 Å². The number of alkyl halides is 1. The lowest BCUT2D eigenvalue weighted by Crippen LogP contribution is -2.51. The van der Waals surface area contributed by atoms with Crippen LogP contribution < -0.4 is 9.64 Å². The summed E-state index contributed by atoms with van der Waals surface area (Å²) in [5.41, 5.74) is 5.33. The van der Waals surface area contributed by atoms with Gasteiger partial charge in [-0.15, -0.1) is 0 Å². The van der Waals surface area contributed by atoms with Crippen LogP contribution >= 0.6 is 0 Å². The van der Waals surface area contributed by atoms with Gasteiger partial charge in [0.05, 0.1) is 29.0 Å². The molecule has 0 bridgehead atoms. The minimum absolute atomic E-state index is 0.110. The van der Waals surface area contributed by atoms with Crippen molar-refractivity contribution in [1.82, 2.24) is 34.4 Å². The minimum Gasteiger partial charge on any atom is -0.508 e. The lowest BCUT2D eigenvalue weighted by atomic mass is 9.70. The minimum atomic E-state index is -0.830. The Morgan fingerprint density at radius 2 is 1.98 bits per heavy atom. The number of aromatic nitrogens is 4. The summed E-state index contributed by atoms with van der Waals surface area (Å²) in [7, 11) is 5.66. The molecule has 3 aromatic rings. The number of likely N-dealkylation sites (N-methyl/N-ethyl adjacent to an activating group) is 1. The highest BCUT2D eigenvalue weighted by Gasteiger charge is 2.50. The van der Waals surface area contributed by atoms with Crippen molar-refractivity contribution < 1.29 is 19.0 Å². The van der Waals surface area contributed by atoms with E-state index in [1.807, 2.05) is 16.8 Å². The van der Waals surface area contributed by atoms with Crippen molar-refractivity contribution in [2.45, 2.75) is 88.3 Å². The zero-order valence-corrected chi connectivity index (χ0v) is 27.7. The van der Waals surface area contributed by atoms with Crippen LogP contribution in [0.3, 0.4) is 0 Å². The van der Waals surface area contributed by atoms with Gasteiger partial charge in [-0.2, -0.15) is 15.1 Å². The molecule has 4 aliphatic heterocycles. The molecule has 2 fully saturated rings. The molecular weight excluding hydrogens is 599 g/mol. The van der Waals surface area contributed by atoms with Crippen molar-refractivity contribution in [2.75, 3.05) is 52.3 Å². The SMILES string of the molecule is CN(C)C(=O)c1cc2n(n1)CCCN(c1nc(OC[C@@]34CCCN3C[C@H](F)C4)nc3c1CN(C)[C@]1(CCCc4ccc(O)cc41)C3)C2. The number of carbonyl (C=O) groups excluding carboxylic acids is 1. The lowest BCUT2D eigenvalue weighted by Gasteiger charge is -2.49. The number of aromatic hydroxyl groups is 1.